The van der Waals surface area contributed by atoms with Gasteiger partial charge in [-0.25, -0.2) is 0 Å². The molecule has 96 heavy (non-hydrogen) atoms. The van der Waals surface area contributed by atoms with Crippen molar-refractivity contribution in [3.05, 3.63) is 65.7 Å². The van der Waals surface area contributed by atoms with E-state index >= 15 is 9.59 Å². The summed E-state index contributed by atoms with van der Waals surface area (Å²) < 4.78 is -2.86. The van der Waals surface area contributed by atoms with Gasteiger partial charge in [0.15, 0.2) is 17.9 Å². The van der Waals surface area contributed by atoms with E-state index in [9.17, 15) is 48.3 Å². The van der Waals surface area contributed by atoms with Crippen molar-refractivity contribution >= 4 is 104 Å². The molecule has 26 N–H and O–H groups in total. The van der Waals surface area contributed by atoms with Crippen molar-refractivity contribution in [1.29, 1.82) is 0 Å². The third-order valence-electron chi connectivity index (χ3n) is 15.9. The van der Waals surface area contributed by atoms with Gasteiger partial charge in [-0.05, 0) is 115 Å². The molecule has 4 rings (SSSR count). The van der Waals surface area contributed by atoms with E-state index in [0.717, 1.165) is 21.6 Å². The van der Waals surface area contributed by atoms with E-state index in [1.807, 2.05) is 0 Å². The van der Waals surface area contributed by atoms with E-state index in [1.54, 1.807) is 84.0 Å². The lowest BCUT2D eigenvalue weighted by molar-refractivity contribution is -0.143. The molecule has 0 aromatic heterocycles. The van der Waals surface area contributed by atoms with Crippen LogP contribution in [0.15, 0.2) is 69.6 Å². The summed E-state index contributed by atoms with van der Waals surface area (Å²) in [7, 11) is 1.99. The molecule has 0 unspecified atom stereocenters. The maximum Gasteiger partial charge on any atom is 0.245 e. The molecule has 0 saturated carbocycles. The number of benzene rings is 2. The summed E-state index contributed by atoms with van der Waals surface area (Å²) in [6.07, 6.45) is 0.748. The molecule has 10 atom stereocenters. The van der Waals surface area contributed by atoms with Crippen LogP contribution in [-0.4, -0.2) is 196 Å². The van der Waals surface area contributed by atoms with Gasteiger partial charge in [-0.15, -0.1) is 0 Å². The number of fused-ring (bicyclic) bond motifs is 1. The van der Waals surface area contributed by atoms with Crippen LogP contribution < -0.4 is 93.7 Å². The molecule has 0 spiro atoms. The molecule has 2 fully saturated rings. The fourth-order valence-electron chi connectivity index (χ4n) is 10.3. The first-order valence-electron chi connectivity index (χ1n) is 31.6. The average Bonchev–Trinajstić information content (AvgIpc) is 1.20. The van der Waals surface area contributed by atoms with Crippen molar-refractivity contribution in [3.8, 4) is 5.75 Å². The quantitative estimate of drug-likeness (QED) is 0.0174. The number of nitrogens with two attached hydrogens (primary N) is 8. The molecule has 2 aliphatic heterocycles. The van der Waals surface area contributed by atoms with Gasteiger partial charge in [0, 0.05) is 42.1 Å². The van der Waals surface area contributed by atoms with Gasteiger partial charge in [0.1, 0.15) is 54.1 Å². The molecule has 0 bridgehead atoms. The summed E-state index contributed by atoms with van der Waals surface area (Å²) in [6, 6.07) is 2.09. The molecular weight excluding hydrogens is 1280 g/mol. The van der Waals surface area contributed by atoms with Gasteiger partial charge in [0.25, 0.3) is 0 Å². The zero-order chi connectivity index (χ0) is 71.5. The minimum Gasteiger partial charge on any atom is -0.508 e. The van der Waals surface area contributed by atoms with Gasteiger partial charge >= 0.3 is 0 Å². The minimum atomic E-state index is -1.67. The number of aromatic hydroxyl groups is 1. The Labute approximate surface area is 566 Å². The van der Waals surface area contributed by atoms with Crippen LogP contribution in [0.2, 0.25) is 0 Å². The highest BCUT2D eigenvalue weighted by atomic mass is 33.1. The van der Waals surface area contributed by atoms with Gasteiger partial charge < -0.3 is 104 Å². The number of carbonyl (C=O) groups is 11. The Morgan fingerprint density at radius 3 is 1.69 bits per heavy atom. The van der Waals surface area contributed by atoms with Crippen LogP contribution in [0.4, 0.5) is 0 Å². The van der Waals surface area contributed by atoms with Crippen LogP contribution in [0.1, 0.15) is 110 Å². The maximum atomic E-state index is 15.4. The molecule has 530 valence electrons. The Morgan fingerprint density at radius 2 is 1.14 bits per heavy atom. The number of nitrogens with zero attached hydrogens (tertiary/aromatic N) is 4. The zero-order valence-electron chi connectivity index (χ0n) is 55.2. The number of rotatable bonds is 27. The Bertz CT molecular complexity index is 3110. The predicted molar refractivity (Wildman–Crippen MR) is 366 cm³/mol. The number of nitrogens with one attached hydrogen (secondary N) is 9. The molecule has 2 heterocycles. The van der Waals surface area contributed by atoms with Crippen LogP contribution in [0.25, 0.3) is 0 Å². The van der Waals surface area contributed by atoms with E-state index < -0.39 is 148 Å². The van der Waals surface area contributed by atoms with Crippen molar-refractivity contribution in [2.45, 2.75) is 176 Å². The van der Waals surface area contributed by atoms with Crippen LogP contribution in [0.5, 0.6) is 5.75 Å². The maximum absolute atomic E-state index is 15.4. The highest BCUT2D eigenvalue weighted by molar-refractivity contribution is 8.77. The summed E-state index contributed by atoms with van der Waals surface area (Å²) >= 11 is 0. The number of phenolic OH excluding ortho intramolecular Hbond substituents is 1. The van der Waals surface area contributed by atoms with E-state index in [1.165, 1.54) is 17.0 Å². The molecule has 2 aromatic rings. The summed E-state index contributed by atoms with van der Waals surface area (Å²) in [5.74, 6) is -10.4. The first-order chi connectivity index (χ1) is 45.2. The molecule has 0 radical (unpaired) electrons. The van der Waals surface area contributed by atoms with Crippen molar-refractivity contribution < 1.29 is 57.8 Å². The van der Waals surface area contributed by atoms with Gasteiger partial charge in [-0.1, -0.05) is 84.3 Å². The number of aliphatic imine (C=N–C) groups is 3. The highest BCUT2D eigenvalue weighted by Gasteiger charge is 2.46. The first-order valence-corrected chi connectivity index (χ1v) is 33.7. The summed E-state index contributed by atoms with van der Waals surface area (Å²) in [5.41, 5.74) is 47.1. The second-order valence-electron chi connectivity index (χ2n) is 24.5. The number of guanidine groups is 3. The van der Waals surface area contributed by atoms with Crippen molar-refractivity contribution in [1.82, 2.24) is 52.8 Å². The van der Waals surface area contributed by atoms with Gasteiger partial charge in [-0.3, -0.25) is 67.7 Å². The lowest BCUT2D eigenvalue weighted by Gasteiger charge is -2.39. The molecule has 11 amide bonds. The third-order valence-corrected chi connectivity index (χ3v) is 20.1. The largest absolute Gasteiger partial charge is 0.508 e. The molecule has 35 heteroatoms. The van der Waals surface area contributed by atoms with Crippen molar-refractivity contribution in [2.75, 3.05) is 39.3 Å². The minimum absolute atomic E-state index is 0.00158. The second kappa shape index (κ2) is 38.4. The first kappa shape index (κ1) is 79.3. The van der Waals surface area contributed by atoms with Crippen molar-refractivity contribution in [2.24, 2.45) is 66.8 Å². The molecule has 2 aromatic carbocycles. The fraction of sp³-hybridized carbons (Fsp3) is 0.574. The van der Waals surface area contributed by atoms with Crippen LogP contribution >= 0.6 is 21.6 Å². The van der Waals surface area contributed by atoms with Crippen molar-refractivity contribution in [3.63, 3.8) is 0 Å². The van der Waals surface area contributed by atoms with Gasteiger partial charge in [-0.2, -0.15) is 0 Å². The smallest absolute Gasteiger partial charge is 0.245 e. The lowest BCUT2D eigenvalue weighted by Crippen LogP contribution is -2.63. The molecular formula is C61H97N21O12S2. The monoisotopic (exact) mass is 1380 g/mol. The zero-order valence-corrected chi connectivity index (χ0v) is 56.8. The standard InChI is InChI=1S/C61H97N21O12S2/c1-7-33(2)45-54(92)78-40(19-13-27-72-59(68)69)56(94)82-28-14-20-42(82)53(91)80-46(48(63)86)60(3,4)95-96-61(5,6)47(55(93)77-38(17-11-25-70-57(64)65)50(88)76-39(51(89)79-45)18-12-26-71-58(66)67)81-52(90)41(30-34-15-9-8-10-16-34)75-44(85)32-73-43(84)31-74-49(87)37(62)29-35-21-23-36(83)24-22-35/h8-10,15-16,21-24,33,37-42,45-47,83H,7,11-14,17-20,25-32,62H2,1-6H3,(H2,63,86)(H,73,84)(H,74,87)(H,75,85)(H,76,88)(H,77,93)(H,78,92)(H,79,89)(H,80,91)(H,81,90)(H4,64,65,70)(H4,66,67,71)(H4,68,69,72)/t33-,37-,38-,39-,40-,41-,42-,45-,46+,47+/m0/s1. The molecule has 2 saturated heterocycles. The lowest BCUT2D eigenvalue weighted by atomic mass is 9.96. The molecule has 2 aliphatic rings. The van der Waals surface area contributed by atoms with E-state index in [-0.39, 0.29) is 108 Å². The average molecular weight is 1380 g/mol. The van der Waals surface area contributed by atoms with E-state index in [0.29, 0.717) is 24.0 Å². The summed E-state index contributed by atoms with van der Waals surface area (Å²) in [5, 5.41) is 33.7. The summed E-state index contributed by atoms with van der Waals surface area (Å²) in [6.45, 7) is 8.66. The van der Waals surface area contributed by atoms with E-state index in [2.05, 4.69) is 62.8 Å². The van der Waals surface area contributed by atoms with Crippen LogP contribution in [0, 0.1) is 5.92 Å². The van der Waals surface area contributed by atoms with Gasteiger partial charge in [0.05, 0.1) is 19.1 Å². The highest BCUT2D eigenvalue weighted by Crippen LogP contribution is 2.47. The topological polar surface area (TPSA) is 565 Å². The SMILES string of the molecule is CC[C@H](C)[C@@H]1NC(=O)[C@H](CCCN=C(N)N)NC(=O)[C@H](CCCN=C(N)N)NC(=O)[C@@H](NC(=O)[C@H](Cc2ccccc2)NC(=O)CNC(=O)CNC(=O)[C@@H](N)Cc2ccc(O)cc2)C(C)(C)SSC(C)(C)[C@@H](C(N)=O)NC(=O)[C@@H]2CCCN2C(=O)[C@H](CCCN=C(N)N)NC1=O. The number of carbonyl (C=O) groups excluding carboxylic acids is 11. The number of hydrogen-bond donors (Lipinski definition) is 18. The summed E-state index contributed by atoms with van der Waals surface area (Å²) in [4.78, 5) is 171. The number of hydrogen-bond acceptors (Lipinski definition) is 18. The molecule has 0 aliphatic carbocycles. The number of amides is 11. The Hall–Kier alpha value is -9.12. The third kappa shape index (κ3) is 26.2. The van der Waals surface area contributed by atoms with Crippen LogP contribution in [-0.2, 0) is 65.6 Å². The predicted octanol–water partition coefficient (Wildman–Crippen LogP) is -4.23. The second-order valence-corrected chi connectivity index (χ2v) is 28.0. The Kier molecular flexibility index (Phi) is 31.8. The fourth-order valence-corrected chi connectivity index (χ4v) is 13.1. The van der Waals surface area contributed by atoms with E-state index in [4.69, 9.17) is 45.9 Å². The number of phenols is 1. The van der Waals surface area contributed by atoms with Crippen LogP contribution in [0.3, 0.4) is 0 Å². The Morgan fingerprint density at radius 1 is 0.625 bits per heavy atom. The number of primary amides is 1. The Balaban J connectivity index is 1.83. The normalized spacial score (nSPS) is 22.0. The van der Waals surface area contributed by atoms with Gasteiger partial charge in [0.2, 0.25) is 65.0 Å². The molecule has 33 nitrogen and oxygen atoms in total.